The first-order chi connectivity index (χ1) is 13.1. The fourth-order valence-corrected chi connectivity index (χ4v) is 3.03. The number of halogens is 2. The summed E-state index contributed by atoms with van der Waals surface area (Å²) in [7, 11) is 0. The Balaban J connectivity index is 1.56. The number of ether oxygens (including phenoxy) is 2. The van der Waals surface area contributed by atoms with E-state index in [1.807, 2.05) is 0 Å². The van der Waals surface area contributed by atoms with Crippen LogP contribution in [0.5, 0.6) is 0 Å². The second-order valence-electron chi connectivity index (χ2n) is 6.11. The summed E-state index contributed by atoms with van der Waals surface area (Å²) < 4.78 is 37.0. The highest BCUT2D eigenvalue weighted by molar-refractivity contribution is 5.90. The van der Waals surface area contributed by atoms with Crippen LogP contribution in [-0.4, -0.2) is 49.6 Å². The highest BCUT2D eigenvalue weighted by Crippen LogP contribution is 2.29. The van der Waals surface area contributed by atoms with Gasteiger partial charge in [-0.15, -0.1) is 0 Å². The van der Waals surface area contributed by atoms with Crippen molar-refractivity contribution in [2.45, 2.75) is 6.10 Å². The monoisotopic (exact) mass is 375 g/mol. The van der Waals surface area contributed by atoms with E-state index in [0.29, 0.717) is 30.2 Å². The van der Waals surface area contributed by atoms with Crippen molar-refractivity contribution in [3.63, 3.8) is 0 Å². The van der Waals surface area contributed by atoms with Crippen molar-refractivity contribution in [1.29, 1.82) is 0 Å². The molecule has 1 atom stereocenters. The molecule has 9 heteroatoms. The number of hydrogen-bond acceptors (Lipinski definition) is 5. The first-order valence-electron chi connectivity index (χ1n) is 8.31. The van der Waals surface area contributed by atoms with Crippen LogP contribution in [-0.2, 0) is 9.47 Å². The van der Waals surface area contributed by atoms with Crippen molar-refractivity contribution in [3.8, 4) is 11.1 Å². The number of amides is 2. The second kappa shape index (κ2) is 6.82. The molecular formula is C18H15F2N3O4. The molecule has 2 amide bonds. The van der Waals surface area contributed by atoms with Gasteiger partial charge in [-0.3, -0.25) is 9.80 Å². The van der Waals surface area contributed by atoms with Crippen LogP contribution in [0.1, 0.15) is 0 Å². The van der Waals surface area contributed by atoms with Crippen molar-refractivity contribution in [2.24, 2.45) is 0 Å². The standard InChI is InChI=1S/C18H15F2N3O4/c19-8-13-10-23(18(25)27-13)12-2-3-14(15(20)7-12)11-1-4-16(21-9-11)22-5-6-26-17(22)24/h1-4,7,9,13H,5-6,8,10H2. The average Bonchev–Trinajstić information content (AvgIpc) is 3.27. The van der Waals surface area contributed by atoms with Crippen LogP contribution in [0, 0.1) is 5.82 Å². The van der Waals surface area contributed by atoms with Gasteiger partial charge in [0.1, 0.15) is 31.0 Å². The molecular weight excluding hydrogens is 360 g/mol. The molecule has 3 heterocycles. The molecule has 2 fully saturated rings. The lowest BCUT2D eigenvalue weighted by Crippen LogP contribution is -2.25. The first-order valence-corrected chi connectivity index (χ1v) is 8.31. The van der Waals surface area contributed by atoms with Gasteiger partial charge in [-0.2, -0.15) is 0 Å². The number of benzene rings is 1. The highest BCUT2D eigenvalue weighted by atomic mass is 19.1. The third-order valence-electron chi connectivity index (χ3n) is 4.41. The Kier molecular flexibility index (Phi) is 4.35. The van der Waals surface area contributed by atoms with Gasteiger partial charge in [-0.25, -0.2) is 23.4 Å². The summed E-state index contributed by atoms with van der Waals surface area (Å²) in [5, 5.41) is 0. The molecule has 0 saturated carbocycles. The number of aromatic nitrogens is 1. The van der Waals surface area contributed by atoms with E-state index in [0.717, 1.165) is 0 Å². The lowest BCUT2D eigenvalue weighted by atomic mass is 10.1. The third kappa shape index (κ3) is 3.16. The van der Waals surface area contributed by atoms with E-state index in [1.54, 1.807) is 18.2 Å². The maximum Gasteiger partial charge on any atom is 0.415 e. The van der Waals surface area contributed by atoms with Gasteiger partial charge >= 0.3 is 12.2 Å². The maximum atomic E-state index is 14.6. The van der Waals surface area contributed by atoms with Gasteiger partial charge in [0.05, 0.1) is 18.8 Å². The number of pyridine rings is 1. The van der Waals surface area contributed by atoms with Crippen LogP contribution in [0.4, 0.5) is 29.9 Å². The lowest BCUT2D eigenvalue weighted by molar-refractivity contribution is 0.124. The number of anilines is 2. The fourth-order valence-electron chi connectivity index (χ4n) is 3.03. The summed E-state index contributed by atoms with van der Waals surface area (Å²) >= 11 is 0. The minimum atomic E-state index is -0.839. The van der Waals surface area contributed by atoms with Crippen LogP contribution in [0.25, 0.3) is 11.1 Å². The molecule has 0 aliphatic carbocycles. The highest BCUT2D eigenvalue weighted by Gasteiger charge is 2.32. The van der Waals surface area contributed by atoms with Crippen LogP contribution in [0.15, 0.2) is 36.5 Å². The molecule has 2 aliphatic heterocycles. The summed E-state index contributed by atoms with van der Waals surface area (Å²) in [4.78, 5) is 30.1. The first kappa shape index (κ1) is 17.2. The molecule has 1 aromatic carbocycles. The quantitative estimate of drug-likeness (QED) is 0.821. The van der Waals surface area contributed by atoms with Crippen LogP contribution in [0.3, 0.4) is 0 Å². The predicted octanol–water partition coefficient (Wildman–Crippen LogP) is 3.14. The van der Waals surface area contributed by atoms with Gasteiger partial charge in [0.15, 0.2) is 0 Å². The van der Waals surface area contributed by atoms with Gasteiger partial charge in [-0.05, 0) is 30.3 Å². The minimum absolute atomic E-state index is 0.0380. The number of alkyl halides is 1. The molecule has 0 radical (unpaired) electrons. The van der Waals surface area contributed by atoms with Crippen LogP contribution < -0.4 is 9.80 Å². The molecule has 7 nitrogen and oxygen atoms in total. The largest absolute Gasteiger partial charge is 0.447 e. The van der Waals surface area contributed by atoms with Crippen molar-refractivity contribution < 1.29 is 27.8 Å². The topological polar surface area (TPSA) is 72.0 Å². The zero-order valence-electron chi connectivity index (χ0n) is 14.1. The fraction of sp³-hybridized carbons (Fsp3) is 0.278. The summed E-state index contributed by atoms with van der Waals surface area (Å²) in [6, 6.07) is 7.53. The maximum absolute atomic E-state index is 14.6. The molecule has 1 unspecified atom stereocenters. The van der Waals surface area contributed by atoms with Crippen LogP contribution in [0.2, 0.25) is 0 Å². The minimum Gasteiger partial charge on any atom is -0.447 e. The van der Waals surface area contributed by atoms with Crippen molar-refractivity contribution in [1.82, 2.24) is 4.98 Å². The van der Waals surface area contributed by atoms with Crippen molar-refractivity contribution >= 4 is 23.7 Å². The zero-order chi connectivity index (χ0) is 19.0. The Morgan fingerprint density at radius 2 is 2.00 bits per heavy atom. The molecule has 2 aliphatic rings. The van der Waals surface area contributed by atoms with Gasteiger partial charge in [0.2, 0.25) is 0 Å². The molecule has 1 aromatic heterocycles. The van der Waals surface area contributed by atoms with Gasteiger partial charge in [0, 0.05) is 17.3 Å². The third-order valence-corrected chi connectivity index (χ3v) is 4.41. The Hall–Kier alpha value is -3.23. The molecule has 2 aromatic rings. The van der Waals surface area contributed by atoms with Gasteiger partial charge in [0.25, 0.3) is 0 Å². The summed E-state index contributed by atoms with van der Waals surface area (Å²) in [6.07, 6.45) is -0.542. The van der Waals surface area contributed by atoms with Crippen molar-refractivity contribution in [3.05, 3.63) is 42.3 Å². The van der Waals surface area contributed by atoms with Gasteiger partial charge < -0.3 is 9.47 Å². The molecule has 0 spiro atoms. The molecule has 4 rings (SSSR count). The number of hydrogen-bond donors (Lipinski definition) is 0. The lowest BCUT2D eigenvalue weighted by Gasteiger charge is -2.15. The number of cyclic esters (lactones) is 2. The smallest absolute Gasteiger partial charge is 0.415 e. The molecule has 2 saturated heterocycles. The van der Waals surface area contributed by atoms with Crippen LogP contribution >= 0.6 is 0 Å². The summed E-state index contributed by atoms with van der Waals surface area (Å²) in [5.41, 5.74) is 1.10. The summed E-state index contributed by atoms with van der Waals surface area (Å²) in [5.74, 6) is -0.130. The number of rotatable bonds is 4. The molecule has 0 bridgehead atoms. The average molecular weight is 375 g/mol. The van der Waals surface area contributed by atoms with Gasteiger partial charge in [-0.1, -0.05) is 0 Å². The van der Waals surface area contributed by atoms with E-state index in [1.165, 1.54) is 28.1 Å². The van der Waals surface area contributed by atoms with E-state index in [4.69, 9.17) is 9.47 Å². The van der Waals surface area contributed by atoms with Crippen molar-refractivity contribution in [2.75, 3.05) is 36.2 Å². The van der Waals surface area contributed by atoms with E-state index < -0.39 is 30.8 Å². The molecule has 27 heavy (non-hydrogen) atoms. The number of carbonyl (C=O) groups is 2. The predicted molar refractivity (Wildman–Crippen MR) is 91.9 cm³/mol. The SMILES string of the molecule is O=C1OC(CF)CN1c1ccc(-c2ccc(N3CCOC3=O)nc2)c(F)c1. The van der Waals surface area contributed by atoms with E-state index in [9.17, 15) is 18.4 Å². The molecule has 140 valence electrons. The Bertz CT molecular complexity index is 891. The van der Waals surface area contributed by atoms with E-state index in [-0.39, 0.29) is 12.1 Å². The Labute approximate surface area is 153 Å². The Morgan fingerprint density at radius 1 is 1.15 bits per heavy atom. The number of nitrogens with zero attached hydrogens (tertiary/aromatic N) is 3. The Morgan fingerprint density at radius 3 is 2.59 bits per heavy atom. The van der Waals surface area contributed by atoms with E-state index in [2.05, 4.69) is 4.98 Å². The van der Waals surface area contributed by atoms with E-state index >= 15 is 0 Å². The molecule has 0 N–H and O–H groups in total. The second-order valence-corrected chi connectivity index (χ2v) is 6.11. The summed E-state index contributed by atoms with van der Waals surface area (Å²) in [6.45, 7) is -0.0255. The zero-order valence-corrected chi connectivity index (χ0v) is 14.1. The normalized spacial score (nSPS) is 19.4. The number of carbonyl (C=O) groups excluding carboxylic acids is 2.